The lowest BCUT2D eigenvalue weighted by Crippen LogP contribution is -2.54. The Bertz CT molecular complexity index is 271. The van der Waals surface area contributed by atoms with Gasteiger partial charge < -0.3 is 9.74 Å². The first kappa shape index (κ1) is 13.6. The van der Waals surface area contributed by atoms with Crippen molar-refractivity contribution in [3.63, 3.8) is 0 Å². The molecule has 0 aromatic rings. The molecular weight excluding hydrogens is 226 g/mol. The molecule has 1 spiro atoms. The van der Waals surface area contributed by atoms with E-state index in [-0.39, 0.29) is 0 Å². The monoisotopic (exact) mass is 255 g/mol. The van der Waals surface area contributed by atoms with Crippen molar-refractivity contribution >= 4 is 8.32 Å². The third-order valence-electron chi connectivity index (χ3n) is 5.23. The molecule has 100 valence electrons. The van der Waals surface area contributed by atoms with Crippen LogP contribution in [0, 0.1) is 0 Å². The Morgan fingerprint density at radius 3 is 2.35 bits per heavy atom. The maximum atomic E-state index is 6.68. The molecule has 0 radical (unpaired) electrons. The highest BCUT2D eigenvalue weighted by Crippen LogP contribution is 2.44. The van der Waals surface area contributed by atoms with Crippen LogP contribution in [0.2, 0.25) is 18.1 Å². The fraction of sp³-hybridized carbons (Fsp3) is 1.00. The van der Waals surface area contributed by atoms with E-state index in [1.54, 1.807) is 0 Å². The van der Waals surface area contributed by atoms with E-state index in [1.165, 1.54) is 38.6 Å². The van der Waals surface area contributed by atoms with Crippen LogP contribution in [0.5, 0.6) is 0 Å². The fourth-order valence-electron chi connectivity index (χ4n) is 3.06. The molecule has 0 amide bonds. The molecule has 1 saturated heterocycles. The fourth-order valence-corrected chi connectivity index (χ4v) is 4.47. The van der Waals surface area contributed by atoms with Crippen molar-refractivity contribution in [1.29, 1.82) is 0 Å². The highest BCUT2D eigenvalue weighted by molar-refractivity contribution is 6.74. The molecule has 3 heteroatoms. The van der Waals surface area contributed by atoms with E-state index in [2.05, 4.69) is 39.2 Å². The van der Waals surface area contributed by atoms with Gasteiger partial charge >= 0.3 is 0 Å². The zero-order valence-electron chi connectivity index (χ0n) is 12.2. The summed E-state index contributed by atoms with van der Waals surface area (Å²) in [6.07, 6.45) is 7.06. The van der Waals surface area contributed by atoms with Crippen LogP contribution < -0.4 is 5.32 Å². The van der Waals surface area contributed by atoms with Gasteiger partial charge in [-0.2, -0.15) is 0 Å². The van der Waals surface area contributed by atoms with Crippen molar-refractivity contribution in [2.24, 2.45) is 0 Å². The summed E-state index contributed by atoms with van der Waals surface area (Å²) in [5.41, 5.74) is 0.343. The van der Waals surface area contributed by atoms with Crippen molar-refractivity contribution in [3.05, 3.63) is 0 Å². The van der Waals surface area contributed by atoms with E-state index in [1.807, 2.05) is 0 Å². The van der Waals surface area contributed by atoms with Gasteiger partial charge in [0.05, 0.1) is 6.10 Å². The Labute approximate surface area is 108 Å². The molecule has 2 rings (SSSR count). The lowest BCUT2D eigenvalue weighted by Gasteiger charge is -2.43. The molecule has 0 aromatic heterocycles. The first-order valence-electron chi connectivity index (χ1n) is 7.20. The van der Waals surface area contributed by atoms with Crippen LogP contribution in [0.25, 0.3) is 0 Å². The smallest absolute Gasteiger partial charge is 0.192 e. The van der Waals surface area contributed by atoms with Gasteiger partial charge in [-0.05, 0) is 56.8 Å². The highest BCUT2D eigenvalue weighted by Gasteiger charge is 2.49. The second-order valence-electron chi connectivity index (χ2n) is 7.45. The summed E-state index contributed by atoms with van der Waals surface area (Å²) < 4.78 is 6.68. The summed E-state index contributed by atoms with van der Waals surface area (Å²) in [6.45, 7) is 13.0. The van der Waals surface area contributed by atoms with Crippen LogP contribution in [0.3, 0.4) is 0 Å². The molecule has 0 bridgehead atoms. The Balaban J connectivity index is 2.08. The minimum atomic E-state index is -1.60. The molecule has 2 atom stereocenters. The molecular formula is C14H29NOSi. The average Bonchev–Trinajstić information content (AvgIpc) is 2.77. The summed E-state index contributed by atoms with van der Waals surface area (Å²) in [7, 11) is -1.60. The number of hydrogen-bond donors (Lipinski definition) is 1. The molecule has 1 saturated carbocycles. The summed E-state index contributed by atoms with van der Waals surface area (Å²) in [4.78, 5) is 0. The van der Waals surface area contributed by atoms with Crippen molar-refractivity contribution in [1.82, 2.24) is 5.32 Å². The molecule has 0 unspecified atom stereocenters. The maximum absolute atomic E-state index is 6.68. The SMILES string of the molecule is CC(C)(C)[Si](C)(C)O[C@H]1CCC[C@]12CCCN2. The Morgan fingerprint density at radius 2 is 1.82 bits per heavy atom. The largest absolute Gasteiger partial charge is 0.412 e. The van der Waals surface area contributed by atoms with Gasteiger partial charge in [0.25, 0.3) is 0 Å². The lowest BCUT2D eigenvalue weighted by atomic mass is 9.93. The second kappa shape index (κ2) is 4.36. The van der Waals surface area contributed by atoms with Gasteiger partial charge in [0, 0.05) is 5.54 Å². The van der Waals surface area contributed by atoms with Crippen molar-refractivity contribution < 1.29 is 4.43 Å². The van der Waals surface area contributed by atoms with Gasteiger partial charge in [-0.25, -0.2) is 0 Å². The van der Waals surface area contributed by atoms with Gasteiger partial charge in [0.15, 0.2) is 8.32 Å². The van der Waals surface area contributed by atoms with Crippen molar-refractivity contribution in [2.45, 2.75) is 82.7 Å². The highest BCUT2D eigenvalue weighted by atomic mass is 28.4. The van der Waals surface area contributed by atoms with Crippen LogP contribution in [0.15, 0.2) is 0 Å². The van der Waals surface area contributed by atoms with Crippen molar-refractivity contribution in [2.75, 3.05) is 6.54 Å². The molecule has 1 aliphatic carbocycles. The summed E-state index contributed by atoms with van der Waals surface area (Å²) in [5, 5.41) is 4.08. The van der Waals surface area contributed by atoms with E-state index in [4.69, 9.17) is 4.43 Å². The van der Waals surface area contributed by atoms with Crippen LogP contribution in [-0.2, 0) is 4.43 Å². The standard InChI is InChI=1S/C14H29NOSi/c1-13(2,3)17(4,5)16-12-8-6-9-14(12)10-7-11-15-14/h12,15H,6-11H2,1-5H3/t12-,14-/m0/s1. The van der Waals surface area contributed by atoms with E-state index in [0.717, 1.165) is 0 Å². The molecule has 2 nitrogen and oxygen atoms in total. The zero-order chi connectivity index (χ0) is 12.7. The summed E-state index contributed by atoms with van der Waals surface area (Å²) in [6, 6.07) is 0. The number of rotatable bonds is 2. The predicted molar refractivity (Wildman–Crippen MR) is 75.9 cm³/mol. The van der Waals surface area contributed by atoms with Gasteiger partial charge in [-0.3, -0.25) is 0 Å². The van der Waals surface area contributed by atoms with Gasteiger partial charge in [0.2, 0.25) is 0 Å². The van der Waals surface area contributed by atoms with E-state index in [9.17, 15) is 0 Å². The third kappa shape index (κ3) is 2.47. The normalized spacial score (nSPS) is 34.8. The number of nitrogens with one attached hydrogen (secondary N) is 1. The van der Waals surface area contributed by atoms with Gasteiger partial charge in [0.1, 0.15) is 0 Å². The zero-order valence-corrected chi connectivity index (χ0v) is 13.2. The third-order valence-corrected chi connectivity index (χ3v) is 9.71. The van der Waals surface area contributed by atoms with Crippen LogP contribution in [-0.4, -0.2) is 26.5 Å². The minimum Gasteiger partial charge on any atom is -0.412 e. The summed E-state index contributed by atoms with van der Waals surface area (Å²) in [5.74, 6) is 0. The maximum Gasteiger partial charge on any atom is 0.192 e. The van der Waals surface area contributed by atoms with Crippen LogP contribution >= 0.6 is 0 Å². The molecule has 1 N–H and O–H groups in total. The Kier molecular flexibility index (Phi) is 3.48. The number of hydrogen-bond acceptors (Lipinski definition) is 2. The predicted octanol–water partition coefficient (Wildman–Crippen LogP) is 3.68. The van der Waals surface area contributed by atoms with Gasteiger partial charge in [-0.1, -0.05) is 20.8 Å². The first-order valence-corrected chi connectivity index (χ1v) is 10.1. The molecule has 2 aliphatic rings. The van der Waals surface area contributed by atoms with E-state index >= 15 is 0 Å². The summed E-state index contributed by atoms with van der Waals surface area (Å²) >= 11 is 0. The van der Waals surface area contributed by atoms with Gasteiger partial charge in [-0.15, -0.1) is 0 Å². The van der Waals surface area contributed by atoms with E-state index in [0.29, 0.717) is 16.7 Å². The topological polar surface area (TPSA) is 21.3 Å². The Morgan fingerprint density at radius 1 is 1.18 bits per heavy atom. The molecule has 17 heavy (non-hydrogen) atoms. The average molecular weight is 255 g/mol. The Hall–Kier alpha value is 0.137. The van der Waals surface area contributed by atoms with Crippen LogP contribution in [0.4, 0.5) is 0 Å². The molecule has 1 heterocycles. The van der Waals surface area contributed by atoms with Crippen LogP contribution in [0.1, 0.15) is 52.9 Å². The quantitative estimate of drug-likeness (QED) is 0.760. The lowest BCUT2D eigenvalue weighted by molar-refractivity contribution is 0.106. The van der Waals surface area contributed by atoms with Crippen molar-refractivity contribution in [3.8, 4) is 0 Å². The molecule has 2 fully saturated rings. The second-order valence-corrected chi connectivity index (χ2v) is 12.2. The first-order chi connectivity index (χ1) is 7.77. The molecule has 1 aliphatic heterocycles. The minimum absolute atomic E-state index is 0.329. The molecule has 0 aromatic carbocycles. The van der Waals surface area contributed by atoms with E-state index < -0.39 is 8.32 Å².